The van der Waals surface area contributed by atoms with Crippen LogP contribution in [0.25, 0.3) is 0 Å². The van der Waals surface area contributed by atoms with E-state index in [0.717, 1.165) is 4.90 Å². The minimum Gasteiger partial charge on any atom is -0.450 e. The van der Waals surface area contributed by atoms with Crippen LogP contribution in [0.3, 0.4) is 0 Å². The largest absolute Gasteiger partial charge is 0.450 e. The molecule has 2 aliphatic rings. The summed E-state index contributed by atoms with van der Waals surface area (Å²) in [6.45, 7) is 1.47. The molecule has 1 fully saturated rings. The van der Waals surface area contributed by atoms with Crippen LogP contribution < -0.4 is 10.2 Å². The Morgan fingerprint density at radius 3 is 2.79 bits per heavy atom. The lowest BCUT2D eigenvalue weighted by Gasteiger charge is -2.29. The lowest BCUT2D eigenvalue weighted by Crippen LogP contribution is -2.49. The van der Waals surface area contributed by atoms with Crippen molar-refractivity contribution in [3.05, 3.63) is 52.5 Å². The Hall–Kier alpha value is -2.22. The summed E-state index contributed by atoms with van der Waals surface area (Å²) in [4.78, 5) is 39.2. The summed E-state index contributed by atoms with van der Waals surface area (Å²) in [5.74, 6) is -1.30. The highest BCUT2D eigenvalue weighted by Crippen LogP contribution is 2.56. The number of carbonyl (C=O) groups excluding carboxylic acids is 3. The molecule has 1 N–H and O–H groups in total. The topological polar surface area (TPSA) is 75.7 Å². The van der Waals surface area contributed by atoms with E-state index in [4.69, 9.17) is 27.9 Å². The van der Waals surface area contributed by atoms with Crippen LogP contribution in [-0.4, -0.2) is 28.8 Å². The van der Waals surface area contributed by atoms with Gasteiger partial charge in [0.2, 0.25) is 5.91 Å². The molecule has 0 saturated carbocycles. The smallest absolute Gasteiger partial charge is 0.344 e. The highest BCUT2D eigenvalue weighted by atomic mass is 35.5. The summed E-state index contributed by atoms with van der Waals surface area (Å²) in [6, 6.07) is 12.0. The molecule has 2 aromatic rings. The summed E-state index contributed by atoms with van der Waals surface area (Å²) in [6.07, 6.45) is -0.526. The zero-order valence-corrected chi connectivity index (χ0v) is 17.6. The number of amides is 2. The number of esters is 1. The lowest BCUT2D eigenvalue weighted by atomic mass is 10.2. The summed E-state index contributed by atoms with van der Waals surface area (Å²) < 4.78 is 5.48. The standard InChI is InChI=1S/C20H16Cl2N2O4S/c1-11(18(26)23-14-10-12(21)6-7-13(14)22)28-19(27)20-9-8-17(25)24(20)15-4-2-3-5-16(15)29-20/h2-7,10-11H,8-9H2,1H3,(H,23,26)/t11-,20+/m1/s1. The van der Waals surface area contributed by atoms with Crippen LogP contribution >= 0.6 is 35.0 Å². The number of fused-ring (bicyclic) bond motifs is 3. The van der Waals surface area contributed by atoms with Crippen LogP contribution in [0.15, 0.2) is 47.4 Å². The third-order valence-corrected chi connectivity index (χ3v) is 6.85. The van der Waals surface area contributed by atoms with Crippen LogP contribution in [0, 0.1) is 0 Å². The number of para-hydroxylation sites is 1. The normalized spacial score (nSPS) is 20.8. The van der Waals surface area contributed by atoms with Gasteiger partial charge in [-0.1, -0.05) is 47.1 Å². The zero-order valence-electron chi connectivity index (χ0n) is 15.3. The van der Waals surface area contributed by atoms with Gasteiger partial charge in [-0.25, -0.2) is 4.79 Å². The predicted octanol–water partition coefficient (Wildman–Crippen LogP) is 4.49. The number of thioether (sulfide) groups is 1. The molecule has 2 amide bonds. The number of rotatable bonds is 4. The van der Waals surface area contributed by atoms with Crippen LogP contribution in [-0.2, 0) is 19.1 Å². The fourth-order valence-electron chi connectivity index (χ4n) is 3.41. The third-order valence-electron chi connectivity index (χ3n) is 4.83. The van der Waals surface area contributed by atoms with Gasteiger partial charge in [-0.15, -0.1) is 0 Å². The van der Waals surface area contributed by atoms with Gasteiger partial charge in [0.25, 0.3) is 5.91 Å². The molecule has 0 aliphatic carbocycles. The Balaban J connectivity index is 1.51. The predicted molar refractivity (Wildman–Crippen MR) is 112 cm³/mol. The molecule has 0 radical (unpaired) electrons. The molecule has 0 bridgehead atoms. The van der Waals surface area contributed by atoms with E-state index in [1.807, 2.05) is 18.2 Å². The Morgan fingerprint density at radius 1 is 1.24 bits per heavy atom. The summed E-state index contributed by atoms with van der Waals surface area (Å²) in [5.41, 5.74) is 1.02. The van der Waals surface area contributed by atoms with Crippen LogP contribution in [0.1, 0.15) is 19.8 Å². The van der Waals surface area contributed by atoms with Gasteiger partial charge in [-0.3, -0.25) is 14.5 Å². The molecule has 29 heavy (non-hydrogen) atoms. The number of hydrogen-bond donors (Lipinski definition) is 1. The molecule has 1 saturated heterocycles. The van der Waals surface area contributed by atoms with Crippen molar-refractivity contribution in [1.29, 1.82) is 0 Å². The molecule has 2 aromatic carbocycles. The van der Waals surface area contributed by atoms with Gasteiger partial charge >= 0.3 is 5.97 Å². The van der Waals surface area contributed by atoms with Crippen LogP contribution in [0.2, 0.25) is 10.0 Å². The quantitative estimate of drug-likeness (QED) is 0.694. The molecule has 9 heteroatoms. The summed E-state index contributed by atoms with van der Waals surface area (Å²) >= 11 is 13.3. The molecular weight excluding hydrogens is 435 g/mol. The fourth-order valence-corrected chi connectivity index (χ4v) is 5.14. The second-order valence-corrected chi connectivity index (χ2v) is 8.91. The zero-order chi connectivity index (χ0) is 20.8. The number of halogens is 2. The number of hydrogen-bond acceptors (Lipinski definition) is 5. The van der Waals surface area contributed by atoms with Crippen molar-refractivity contribution in [2.45, 2.75) is 35.6 Å². The summed E-state index contributed by atoms with van der Waals surface area (Å²) in [5, 5.41) is 3.33. The molecule has 0 unspecified atom stereocenters. The number of nitrogens with zero attached hydrogens (tertiary/aromatic N) is 1. The number of ether oxygens (including phenoxy) is 1. The number of carbonyl (C=O) groups is 3. The van der Waals surface area contributed by atoms with Crippen molar-refractivity contribution < 1.29 is 19.1 Å². The number of nitrogens with one attached hydrogen (secondary N) is 1. The molecule has 6 nitrogen and oxygen atoms in total. The fraction of sp³-hybridized carbons (Fsp3) is 0.250. The average molecular weight is 451 g/mol. The van der Waals surface area contributed by atoms with Gasteiger partial charge < -0.3 is 10.1 Å². The van der Waals surface area contributed by atoms with E-state index in [1.165, 1.54) is 29.7 Å². The van der Waals surface area contributed by atoms with Gasteiger partial charge in [-0.2, -0.15) is 0 Å². The average Bonchev–Trinajstić information content (AvgIpc) is 3.20. The molecule has 150 valence electrons. The van der Waals surface area contributed by atoms with Crippen molar-refractivity contribution in [3.63, 3.8) is 0 Å². The maximum Gasteiger partial charge on any atom is 0.344 e. The SMILES string of the molecule is C[C@@H](OC(=O)[C@@]12CCC(=O)N1c1ccccc1S2)C(=O)Nc1cc(Cl)ccc1Cl. The molecule has 2 atom stereocenters. The number of benzene rings is 2. The minimum absolute atomic E-state index is 0.137. The van der Waals surface area contributed by atoms with E-state index in [2.05, 4.69) is 5.32 Å². The van der Waals surface area contributed by atoms with E-state index in [9.17, 15) is 14.4 Å². The molecule has 2 aliphatic heterocycles. The van der Waals surface area contributed by atoms with Gasteiger partial charge in [0, 0.05) is 22.8 Å². The van der Waals surface area contributed by atoms with Gasteiger partial charge in [0.15, 0.2) is 11.0 Å². The van der Waals surface area contributed by atoms with E-state index in [1.54, 1.807) is 18.2 Å². The molecule has 0 aromatic heterocycles. The maximum atomic E-state index is 13.1. The van der Waals surface area contributed by atoms with Crippen molar-refractivity contribution in [3.8, 4) is 0 Å². The van der Waals surface area contributed by atoms with E-state index in [0.29, 0.717) is 27.8 Å². The van der Waals surface area contributed by atoms with Gasteiger partial charge in [0.05, 0.1) is 16.4 Å². The van der Waals surface area contributed by atoms with Gasteiger partial charge in [0.1, 0.15) is 0 Å². The first-order chi connectivity index (χ1) is 13.8. The summed E-state index contributed by atoms with van der Waals surface area (Å²) in [7, 11) is 0. The third kappa shape index (κ3) is 3.47. The maximum absolute atomic E-state index is 13.1. The Labute approximate surface area is 181 Å². The van der Waals surface area contributed by atoms with Crippen molar-refractivity contribution in [2.24, 2.45) is 0 Å². The minimum atomic E-state index is -1.18. The molecule has 4 rings (SSSR count). The molecule has 0 spiro atoms. The monoisotopic (exact) mass is 450 g/mol. The second-order valence-electron chi connectivity index (χ2n) is 6.74. The van der Waals surface area contributed by atoms with E-state index in [-0.39, 0.29) is 12.3 Å². The van der Waals surface area contributed by atoms with Gasteiger partial charge in [-0.05, 0) is 37.3 Å². The highest BCUT2D eigenvalue weighted by Gasteiger charge is 2.58. The Bertz CT molecular complexity index is 1030. The second kappa shape index (κ2) is 7.55. The van der Waals surface area contributed by atoms with Crippen LogP contribution in [0.4, 0.5) is 11.4 Å². The van der Waals surface area contributed by atoms with Crippen molar-refractivity contribution in [2.75, 3.05) is 10.2 Å². The van der Waals surface area contributed by atoms with Crippen molar-refractivity contribution >= 4 is 64.1 Å². The Morgan fingerprint density at radius 2 is 2.00 bits per heavy atom. The number of anilines is 2. The first-order valence-corrected chi connectivity index (χ1v) is 10.5. The first-order valence-electron chi connectivity index (χ1n) is 8.90. The van der Waals surface area contributed by atoms with Crippen molar-refractivity contribution in [1.82, 2.24) is 0 Å². The highest BCUT2D eigenvalue weighted by molar-refractivity contribution is 8.02. The van der Waals surface area contributed by atoms with Crippen LogP contribution in [0.5, 0.6) is 0 Å². The lowest BCUT2D eigenvalue weighted by molar-refractivity contribution is -0.155. The first kappa shape index (κ1) is 20.1. The van der Waals surface area contributed by atoms with E-state index >= 15 is 0 Å². The Kier molecular flexibility index (Phi) is 5.23. The van der Waals surface area contributed by atoms with E-state index < -0.39 is 22.9 Å². The molecule has 2 heterocycles. The molecular formula is C20H16Cl2N2O4S.